The summed E-state index contributed by atoms with van der Waals surface area (Å²) in [6.45, 7) is 0.678. The number of rotatable bonds is 7. The fourth-order valence-corrected chi connectivity index (χ4v) is 3.56. The summed E-state index contributed by atoms with van der Waals surface area (Å²) in [6, 6.07) is 11.5. The number of halogens is 1. The summed E-state index contributed by atoms with van der Waals surface area (Å²) in [6.07, 6.45) is 1.05. The average molecular weight is 431 g/mol. The van der Waals surface area contributed by atoms with Crippen molar-refractivity contribution in [2.75, 3.05) is 13.2 Å². The zero-order valence-electron chi connectivity index (χ0n) is 15.8. The zero-order valence-corrected chi connectivity index (χ0v) is 16.6. The Bertz CT molecular complexity index is 1130. The van der Waals surface area contributed by atoms with Gasteiger partial charge in [0.05, 0.1) is 29.0 Å². The van der Waals surface area contributed by atoms with Crippen LogP contribution in [0.2, 0.25) is 5.02 Å². The van der Waals surface area contributed by atoms with Crippen molar-refractivity contribution in [1.82, 2.24) is 0 Å². The number of carboxylic acids is 1. The molecule has 0 aliphatic heterocycles. The van der Waals surface area contributed by atoms with Crippen molar-refractivity contribution in [1.29, 1.82) is 0 Å². The minimum atomic E-state index is -0.776. The van der Waals surface area contributed by atoms with E-state index in [-0.39, 0.29) is 33.8 Å². The van der Waals surface area contributed by atoms with Crippen LogP contribution in [0.15, 0.2) is 51.7 Å². The smallest absolute Gasteiger partial charge is 0.306 e. The van der Waals surface area contributed by atoms with E-state index in [9.17, 15) is 14.7 Å². The number of benzene rings is 2. The van der Waals surface area contributed by atoms with E-state index in [1.54, 1.807) is 42.5 Å². The van der Waals surface area contributed by atoms with E-state index in [0.717, 1.165) is 0 Å². The van der Waals surface area contributed by atoms with E-state index in [0.29, 0.717) is 37.4 Å². The summed E-state index contributed by atoms with van der Waals surface area (Å²) in [5.41, 5.74) is 0.173. The zero-order chi connectivity index (χ0) is 21.3. The number of ether oxygens (including phenoxy) is 2. The summed E-state index contributed by atoms with van der Waals surface area (Å²) in [5.74, 6) is -0.938. The Morgan fingerprint density at radius 2 is 1.87 bits per heavy atom. The predicted molar refractivity (Wildman–Crippen MR) is 110 cm³/mol. The summed E-state index contributed by atoms with van der Waals surface area (Å²) in [7, 11) is 0. The van der Waals surface area contributed by atoms with Crippen LogP contribution in [-0.4, -0.2) is 35.5 Å². The fraction of sp³-hybridized carbons (Fsp3) is 0.273. The molecule has 1 saturated carbocycles. The van der Waals surface area contributed by atoms with Crippen LogP contribution in [0.4, 0.5) is 0 Å². The molecule has 0 bridgehead atoms. The highest BCUT2D eigenvalue weighted by Gasteiger charge is 2.34. The van der Waals surface area contributed by atoms with Gasteiger partial charge in [-0.05, 0) is 49.2 Å². The average Bonchev–Trinajstić information content (AvgIpc) is 2.70. The van der Waals surface area contributed by atoms with Crippen LogP contribution >= 0.6 is 11.6 Å². The van der Waals surface area contributed by atoms with Crippen molar-refractivity contribution in [3.63, 3.8) is 0 Å². The Morgan fingerprint density at radius 3 is 2.57 bits per heavy atom. The van der Waals surface area contributed by atoms with Crippen molar-refractivity contribution in [3.8, 4) is 22.8 Å². The Labute approximate surface area is 176 Å². The molecule has 0 amide bonds. The summed E-state index contributed by atoms with van der Waals surface area (Å²) in [4.78, 5) is 23.2. The molecule has 2 aromatic carbocycles. The maximum absolute atomic E-state index is 12.4. The lowest BCUT2D eigenvalue weighted by molar-refractivity contribution is -0.151. The van der Waals surface area contributed by atoms with Gasteiger partial charge in [0.25, 0.3) is 0 Å². The van der Waals surface area contributed by atoms with Gasteiger partial charge in [0, 0.05) is 5.56 Å². The summed E-state index contributed by atoms with van der Waals surface area (Å²) in [5, 5.41) is 19.6. The first-order chi connectivity index (χ1) is 14.4. The Kier molecular flexibility index (Phi) is 5.65. The normalized spacial score (nSPS) is 18.2. The lowest BCUT2D eigenvalue weighted by Gasteiger charge is -2.31. The molecule has 30 heavy (non-hydrogen) atoms. The molecule has 2 N–H and O–H groups in total. The second-order valence-electron chi connectivity index (χ2n) is 7.10. The highest BCUT2D eigenvalue weighted by atomic mass is 35.5. The second kappa shape index (κ2) is 8.38. The SMILES string of the molecule is O=C(O)C1CC(OCCOc2ccc(-c3oc4c(Cl)cccc4c(=O)c3O)cc2)C1. The maximum Gasteiger partial charge on any atom is 0.306 e. The number of hydrogen-bond acceptors (Lipinski definition) is 6. The van der Waals surface area contributed by atoms with Gasteiger partial charge in [-0.2, -0.15) is 0 Å². The van der Waals surface area contributed by atoms with Crippen molar-refractivity contribution in [2.24, 2.45) is 5.92 Å². The molecular formula is C22H19ClO7. The molecule has 7 nitrogen and oxygen atoms in total. The van der Waals surface area contributed by atoms with Gasteiger partial charge < -0.3 is 24.1 Å². The molecule has 4 rings (SSSR count). The number of hydrogen-bond donors (Lipinski definition) is 2. The molecule has 1 aromatic heterocycles. The van der Waals surface area contributed by atoms with Crippen LogP contribution in [0.1, 0.15) is 12.8 Å². The number of fused-ring (bicyclic) bond motifs is 1. The van der Waals surface area contributed by atoms with E-state index < -0.39 is 17.1 Å². The monoisotopic (exact) mass is 430 g/mol. The van der Waals surface area contributed by atoms with E-state index in [1.807, 2.05) is 0 Å². The first kappa shape index (κ1) is 20.3. The molecule has 0 saturated heterocycles. The molecule has 0 atom stereocenters. The predicted octanol–water partition coefficient (Wildman–Crippen LogP) is 4.08. The molecule has 1 aliphatic carbocycles. The molecule has 0 unspecified atom stereocenters. The van der Waals surface area contributed by atoms with Crippen molar-refractivity contribution >= 4 is 28.5 Å². The fourth-order valence-electron chi connectivity index (χ4n) is 3.35. The van der Waals surface area contributed by atoms with Gasteiger partial charge in [-0.15, -0.1) is 0 Å². The van der Waals surface area contributed by atoms with Crippen molar-refractivity contribution in [3.05, 3.63) is 57.7 Å². The van der Waals surface area contributed by atoms with Crippen LogP contribution in [0.3, 0.4) is 0 Å². The summed E-state index contributed by atoms with van der Waals surface area (Å²) >= 11 is 6.12. The van der Waals surface area contributed by atoms with Gasteiger partial charge in [-0.3, -0.25) is 9.59 Å². The number of para-hydroxylation sites is 1. The number of carboxylic acid groups (broad SMARTS) is 1. The molecule has 1 aliphatic rings. The van der Waals surface area contributed by atoms with E-state index in [4.69, 9.17) is 30.6 Å². The van der Waals surface area contributed by atoms with Gasteiger partial charge in [0.1, 0.15) is 12.4 Å². The van der Waals surface area contributed by atoms with Crippen LogP contribution in [0.5, 0.6) is 11.5 Å². The topological polar surface area (TPSA) is 106 Å². The Morgan fingerprint density at radius 1 is 1.13 bits per heavy atom. The van der Waals surface area contributed by atoms with E-state index in [1.165, 1.54) is 0 Å². The van der Waals surface area contributed by atoms with Gasteiger partial charge in [0.15, 0.2) is 11.3 Å². The first-order valence-electron chi connectivity index (χ1n) is 9.46. The summed E-state index contributed by atoms with van der Waals surface area (Å²) < 4.78 is 16.9. The molecule has 8 heteroatoms. The first-order valence-corrected chi connectivity index (χ1v) is 9.83. The van der Waals surface area contributed by atoms with E-state index in [2.05, 4.69) is 0 Å². The highest BCUT2D eigenvalue weighted by Crippen LogP contribution is 2.33. The van der Waals surface area contributed by atoms with Gasteiger partial charge in [-0.1, -0.05) is 17.7 Å². The molecular weight excluding hydrogens is 412 g/mol. The van der Waals surface area contributed by atoms with Crippen molar-refractivity contribution < 1.29 is 28.9 Å². The molecule has 3 aromatic rings. The Hall–Kier alpha value is -3.03. The molecule has 0 spiro atoms. The lowest BCUT2D eigenvalue weighted by Crippen LogP contribution is -2.36. The lowest BCUT2D eigenvalue weighted by atomic mass is 9.82. The number of carbonyl (C=O) groups is 1. The number of aliphatic carboxylic acids is 1. The van der Waals surface area contributed by atoms with Gasteiger partial charge in [-0.25, -0.2) is 0 Å². The van der Waals surface area contributed by atoms with Crippen LogP contribution in [0.25, 0.3) is 22.3 Å². The molecule has 1 heterocycles. The maximum atomic E-state index is 12.4. The quantitative estimate of drug-likeness (QED) is 0.544. The molecule has 1 fully saturated rings. The third-order valence-electron chi connectivity index (χ3n) is 5.11. The van der Waals surface area contributed by atoms with Crippen LogP contribution < -0.4 is 10.2 Å². The van der Waals surface area contributed by atoms with Gasteiger partial charge in [0.2, 0.25) is 11.2 Å². The van der Waals surface area contributed by atoms with Crippen molar-refractivity contribution in [2.45, 2.75) is 18.9 Å². The molecule has 156 valence electrons. The third-order valence-corrected chi connectivity index (χ3v) is 5.41. The van der Waals surface area contributed by atoms with Crippen LogP contribution in [-0.2, 0) is 9.53 Å². The van der Waals surface area contributed by atoms with Gasteiger partial charge >= 0.3 is 5.97 Å². The Balaban J connectivity index is 1.39. The highest BCUT2D eigenvalue weighted by molar-refractivity contribution is 6.34. The minimum Gasteiger partial charge on any atom is -0.502 e. The second-order valence-corrected chi connectivity index (χ2v) is 7.50. The van der Waals surface area contributed by atoms with Crippen LogP contribution in [0, 0.1) is 5.92 Å². The minimum absolute atomic E-state index is 0.0253. The number of aromatic hydroxyl groups is 1. The largest absolute Gasteiger partial charge is 0.502 e. The third kappa shape index (κ3) is 3.99. The molecule has 0 radical (unpaired) electrons. The van der Waals surface area contributed by atoms with E-state index >= 15 is 0 Å². The standard InChI is InChI=1S/C22H19ClO7/c23-17-3-1-2-16-18(24)19(25)20(30-21(16)17)12-4-6-14(7-5-12)28-8-9-29-15-10-13(11-15)22(26)27/h1-7,13,15,25H,8-11H2,(H,26,27).